The molecule has 15 heteroatoms. The van der Waals surface area contributed by atoms with Crippen molar-refractivity contribution in [2.24, 2.45) is 17.6 Å². The number of carboxylic acid groups (broad SMARTS) is 1. The quantitative estimate of drug-likeness (QED) is 0.221. The number of hydrogen-bond donors (Lipinski definition) is 6. The van der Waals surface area contributed by atoms with Crippen molar-refractivity contribution in [3.8, 4) is 5.75 Å². The number of aliphatic carboxylic acids is 1. The first-order valence-electron chi connectivity index (χ1n) is 11.2. The number of carboxylic acids is 1. The molecule has 1 aromatic carbocycles. The molecule has 3 aliphatic carbocycles. The number of phenols is 1. The van der Waals surface area contributed by atoms with Crippen molar-refractivity contribution in [1.82, 2.24) is 4.90 Å². The van der Waals surface area contributed by atoms with Gasteiger partial charge in [0.25, 0.3) is 5.91 Å². The van der Waals surface area contributed by atoms with E-state index in [2.05, 4.69) is 0 Å². The number of nitrogens with two attached hydrogens (primary N) is 1. The summed E-state index contributed by atoms with van der Waals surface area (Å²) in [6.45, 7) is 0. The maximum Gasteiger partial charge on any atom is 0.490 e. The van der Waals surface area contributed by atoms with Crippen LogP contribution in [0.25, 0.3) is 5.76 Å². The molecule has 0 saturated heterocycles. The molecule has 39 heavy (non-hydrogen) atoms. The molecule has 0 aromatic heterocycles. The van der Waals surface area contributed by atoms with E-state index >= 15 is 0 Å². The summed E-state index contributed by atoms with van der Waals surface area (Å²) in [6, 6.07) is 1.44. The van der Waals surface area contributed by atoms with Gasteiger partial charge in [-0.05, 0) is 50.6 Å². The lowest BCUT2D eigenvalue weighted by molar-refractivity contribution is -0.192. The molecule has 0 spiro atoms. The zero-order valence-electron chi connectivity index (χ0n) is 20.3. The van der Waals surface area contributed by atoms with Gasteiger partial charge in [-0.25, -0.2) is 4.79 Å². The van der Waals surface area contributed by atoms with Gasteiger partial charge >= 0.3 is 12.1 Å². The summed E-state index contributed by atoms with van der Waals surface area (Å²) in [5.41, 5.74) is 1.92. The predicted molar refractivity (Wildman–Crippen MR) is 123 cm³/mol. The van der Waals surface area contributed by atoms with Gasteiger partial charge in [0.1, 0.15) is 29.1 Å². The zero-order chi connectivity index (χ0) is 29.8. The SMILES string of the molecule is CN(C)C1C(=O)C(C(N)=O)=C(O)[C@@]2(O)C(=O)C3=C(O)c4c(O)ccc(C=O)c4CC3CC12.O=C(O)C(F)(F)F. The van der Waals surface area contributed by atoms with Crippen LogP contribution in [0.5, 0.6) is 5.75 Å². The minimum Gasteiger partial charge on any atom is -0.508 e. The Bertz CT molecular complexity index is 1360. The first kappa shape index (κ1) is 29.3. The fourth-order valence-corrected chi connectivity index (χ4v) is 5.38. The van der Waals surface area contributed by atoms with Gasteiger partial charge in [-0.3, -0.25) is 24.1 Å². The maximum atomic E-state index is 13.6. The van der Waals surface area contributed by atoms with Crippen LogP contribution in [0.4, 0.5) is 13.2 Å². The van der Waals surface area contributed by atoms with Gasteiger partial charge in [-0.1, -0.05) is 0 Å². The molecular formula is C24H23F3N2O10. The molecule has 7 N–H and O–H groups in total. The van der Waals surface area contributed by atoms with Crippen LogP contribution in [0.2, 0.25) is 0 Å². The van der Waals surface area contributed by atoms with E-state index in [1.807, 2.05) is 0 Å². The summed E-state index contributed by atoms with van der Waals surface area (Å²) >= 11 is 0. The molecular weight excluding hydrogens is 533 g/mol. The number of hydrogen-bond acceptors (Lipinski definition) is 10. The Morgan fingerprint density at radius 1 is 1.15 bits per heavy atom. The smallest absolute Gasteiger partial charge is 0.490 e. The molecule has 210 valence electrons. The minimum absolute atomic E-state index is 0.0281. The van der Waals surface area contributed by atoms with Crippen LogP contribution in [0.15, 0.2) is 29.0 Å². The number of benzene rings is 1. The Kier molecular flexibility index (Phi) is 7.38. The van der Waals surface area contributed by atoms with Gasteiger partial charge < -0.3 is 31.3 Å². The average Bonchev–Trinajstić information content (AvgIpc) is 2.81. The molecule has 3 aliphatic rings. The molecule has 3 unspecified atom stereocenters. The van der Waals surface area contributed by atoms with E-state index < -0.39 is 70.2 Å². The number of rotatable bonds is 3. The van der Waals surface area contributed by atoms with Crippen LogP contribution in [0.3, 0.4) is 0 Å². The lowest BCUT2D eigenvalue weighted by Gasteiger charge is -2.50. The number of carbonyl (C=O) groups excluding carboxylic acids is 4. The van der Waals surface area contributed by atoms with Crippen LogP contribution in [-0.2, 0) is 25.6 Å². The first-order chi connectivity index (χ1) is 17.9. The number of ketones is 2. The number of aliphatic hydroxyl groups excluding tert-OH is 2. The number of phenolic OH excluding ortho intramolecular Hbond substituents is 1. The largest absolute Gasteiger partial charge is 0.508 e. The molecule has 0 radical (unpaired) electrons. The highest BCUT2D eigenvalue weighted by molar-refractivity contribution is 6.24. The van der Waals surface area contributed by atoms with Gasteiger partial charge in [0.2, 0.25) is 5.78 Å². The lowest BCUT2D eigenvalue weighted by atomic mass is 9.57. The number of aliphatic hydroxyl groups is 3. The molecule has 1 fully saturated rings. The van der Waals surface area contributed by atoms with E-state index in [4.69, 9.17) is 15.6 Å². The third kappa shape index (κ3) is 4.52. The van der Waals surface area contributed by atoms with Gasteiger partial charge in [0.15, 0.2) is 11.4 Å². The monoisotopic (exact) mass is 556 g/mol. The number of Topliss-reactive ketones (excluding diaryl/α,β-unsaturated/α-hetero) is 2. The third-order valence-electron chi connectivity index (χ3n) is 7.01. The van der Waals surface area contributed by atoms with Crippen LogP contribution in [-0.4, -0.2) is 92.1 Å². The molecule has 4 atom stereocenters. The van der Waals surface area contributed by atoms with E-state index in [1.165, 1.54) is 31.1 Å². The summed E-state index contributed by atoms with van der Waals surface area (Å²) in [4.78, 5) is 60.3. The van der Waals surface area contributed by atoms with E-state index in [0.29, 0.717) is 11.8 Å². The number of aromatic hydroxyl groups is 1. The number of amides is 1. The number of nitrogens with zero attached hydrogens (tertiary/aromatic N) is 1. The fourth-order valence-electron chi connectivity index (χ4n) is 5.38. The molecule has 1 saturated carbocycles. The molecule has 4 rings (SSSR count). The van der Waals surface area contributed by atoms with Crippen molar-refractivity contribution < 1.29 is 62.7 Å². The second-order valence-corrected chi connectivity index (χ2v) is 9.41. The first-order valence-corrected chi connectivity index (χ1v) is 11.2. The number of primary amides is 1. The van der Waals surface area contributed by atoms with E-state index in [1.54, 1.807) is 0 Å². The number of alkyl halides is 3. The van der Waals surface area contributed by atoms with E-state index in [-0.39, 0.29) is 35.3 Å². The van der Waals surface area contributed by atoms with Crippen molar-refractivity contribution in [3.63, 3.8) is 0 Å². The number of fused-ring (bicyclic) bond motifs is 3. The predicted octanol–water partition coefficient (Wildman–Crippen LogP) is 0.410. The van der Waals surface area contributed by atoms with Crippen LogP contribution < -0.4 is 5.73 Å². The number of halogens is 3. The highest BCUT2D eigenvalue weighted by Crippen LogP contribution is 2.52. The Labute approximate surface area is 217 Å². The highest BCUT2D eigenvalue weighted by atomic mass is 19.4. The van der Waals surface area contributed by atoms with Crippen molar-refractivity contribution in [2.45, 2.75) is 30.7 Å². The highest BCUT2D eigenvalue weighted by Gasteiger charge is 2.64. The summed E-state index contributed by atoms with van der Waals surface area (Å²) < 4.78 is 31.7. The third-order valence-corrected chi connectivity index (χ3v) is 7.01. The Balaban J connectivity index is 0.000000532. The van der Waals surface area contributed by atoms with E-state index in [0.717, 1.165) is 0 Å². The zero-order valence-corrected chi connectivity index (χ0v) is 20.3. The average molecular weight is 556 g/mol. The standard InChI is InChI=1S/C22H22N2O8.C2HF3O2/c1-24(2)16-11-6-9-5-10-8(7-25)3-4-12(26)14(10)17(27)13(9)19(29)22(11,32)20(30)15(18(16)28)21(23)31;3-2(4,5)1(6)7/h3-4,7,9,11,16,26-27,30,32H,5-6H2,1-2H3,(H2,23,31);(H,6,7)/t9?,11?,16?,22-;/m0./s1. The number of likely N-dealkylation sites (N-methyl/N-ethyl adjacent to an activating group) is 1. The molecule has 12 nitrogen and oxygen atoms in total. The second-order valence-electron chi connectivity index (χ2n) is 9.41. The normalized spacial score (nSPS) is 26.3. The second kappa shape index (κ2) is 9.81. The number of aldehydes is 1. The summed E-state index contributed by atoms with van der Waals surface area (Å²) in [7, 11) is 3.05. The van der Waals surface area contributed by atoms with Gasteiger partial charge in [-0.15, -0.1) is 0 Å². The Morgan fingerprint density at radius 2 is 1.72 bits per heavy atom. The van der Waals surface area contributed by atoms with Crippen LogP contribution in [0.1, 0.15) is 27.9 Å². The topological polar surface area (TPSA) is 216 Å². The summed E-state index contributed by atoms with van der Waals surface area (Å²) in [6.07, 6.45) is -4.46. The lowest BCUT2D eigenvalue weighted by Crippen LogP contribution is -2.65. The van der Waals surface area contributed by atoms with Crippen LogP contribution in [0, 0.1) is 11.8 Å². The van der Waals surface area contributed by atoms with Gasteiger partial charge in [-0.2, -0.15) is 13.2 Å². The van der Waals surface area contributed by atoms with Crippen molar-refractivity contribution in [1.29, 1.82) is 0 Å². The van der Waals surface area contributed by atoms with Gasteiger partial charge in [0, 0.05) is 17.1 Å². The van der Waals surface area contributed by atoms with Crippen molar-refractivity contribution >= 4 is 35.5 Å². The molecule has 1 amide bonds. The molecule has 0 aliphatic heterocycles. The van der Waals surface area contributed by atoms with Crippen LogP contribution >= 0.6 is 0 Å². The number of carbonyl (C=O) groups is 5. The molecule has 0 heterocycles. The van der Waals surface area contributed by atoms with Crippen molar-refractivity contribution in [3.05, 3.63) is 45.7 Å². The molecule has 1 aromatic rings. The maximum absolute atomic E-state index is 13.6. The summed E-state index contributed by atoms with van der Waals surface area (Å²) in [5, 5.41) is 50.5. The Morgan fingerprint density at radius 3 is 2.18 bits per heavy atom. The fraction of sp³-hybridized carbons (Fsp3) is 0.375. The Hall–Kier alpha value is -4.24. The minimum atomic E-state index is -5.08. The summed E-state index contributed by atoms with van der Waals surface area (Å²) in [5.74, 6) is -9.94. The molecule has 0 bridgehead atoms. The van der Waals surface area contributed by atoms with Crippen molar-refractivity contribution in [2.75, 3.05) is 14.1 Å². The van der Waals surface area contributed by atoms with E-state index in [9.17, 15) is 52.8 Å². The van der Waals surface area contributed by atoms with Gasteiger partial charge in [0.05, 0.1) is 11.6 Å².